The lowest BCUT2D eigenvalue weighted by atomic mass is 9.35. The summed E-state index contributed by atoms with van der Waals surface area (Å²) in [6, 6.07) is 49.3. The summed E-state index contributed by atoms with van der Waals surface area (Å²) >= 11 is 0. The van der Waals surface area contributed by atoms with Crippen LogP contribution in [0.2, 0.25) is 0 Å². The molecule has 0 amide bonds. The van der Waals surface area contributed by atoms with Gasteiger partial charge in [0, 0.05) is 12.4 Å². The fourth-order valence-corrected chi connectivity index (χ4v) is 6.35. The predicted octanol–water partition coefficient (Wildman–Crippen LogP) is 8.99. The number of hydrogen-bond donors (Lipinski definition) is 0. The van der Waals surface area contributed by atoms with Gasteiger partial charge in [-0.1, -0.05) is 144 Å². The molecule has 0 unspecified atom stereocenters. The van der Waals surface area contributed by atoms with Gasteiger partial charge in [0.1, 0.15) is 0 Å². The quantitative estimate of drug-likeness (QED) is 0.164. The van der Waals surface area contributed by atoms with E-state index >= 15 is 0 Å². The molecule has 2 nitrogen and oxygen atoms in total. The molecule has 0 bridgehead atoms. The van der Waals surface area contributed by atoms with E-state index in [1.807, 2.05) is 79.9 Å². The Morgan fingerprint density at radius 1 is 0.479 bits per heavy atom. The van der Waals surface area contributed by atoms with Gasteiger partial charge in [0.05, 0.1) is 17.0 Å². The van der Waals surface area contributed by atoms with E-state index in [4.69, 9.17) is 0 Å². The Balaban J connectivity index is 1.51. The monoisotopic (exact) mass is 630 g/mol. The van der Waals surface area contributed by atoms with Gasteiger partial charge in [0.15, 0.2) is 0 Å². The molecule has 2 aromatic heterocycles. The number of aromatic nitrogens is 2. The van der Waals surface area contributed by atoms with E-state index in [-0.39, 0.29) is 12.4 Å². The van der Waals surface area contributed by atoms with E-state index in [2.05, 4.69) is 82.8 Å². The molecule has 0 spiro atoms. The molecular formula is C42H30BF3N2. The van der Waals surface area contributed by atoms with Crippen molar-refractivity contribution >= 4 is 23.1 Å². The van der Waals surface area contributed by atoms with Gasteiger partial charge in [-0.3, -0.25) is 9.97 Å². The summed E-state index contributed by atoms with van der Waals surface area (Å²) in [4.78, 5) is 9.02. The zero-order valence-electron chi connectivity index (χ0n) is 26.2. The first-order valence-electron chi connectivity index (χ1n) is 15.8. The van der Waals surface area contributed by atoms with Crippen molar-refractivity contribution in [2.45, 2.75) is 13.1 Å². The Morgan fingerprint density at radius 3 is 1.48 bits per heavy atom. The summed E-state index contributed by atoms with van der Waals surface area (Å²) in [5.74, 6) is 0. The summed E-state index contributed by atoms with van der Waals surface area (Å²) in [7, 11) is 0. The summed E-state index contributed by atoms with van der Waals surface area (Å²) in [6.45, 7) is 1.75. The minimum Gasteiger partial charge on any atom is -0.256 e. The van der Waals surface area contributed by atoms with Crippen LogP contribution in [0, 0.1) is 6.92 Å². The van der Waals surface area contributed by atoms with E-state index in [1.165, 1.54) is 6.20 Å². The van der Waals surface area contributed by atoms with Crippen LogP contribution < -0.4 is 16.4 Å². The van der Waals surface area contributed by atoms with Crippen LogP contribution in [0.4, 0.5) is 13.2 Å². The highest BCUT2D eigenvalue weighted by atomic mass is 19.4. The van der Waals surface area contributed by atoms with E-state index in [1.54, 1.807) is 0 Å². The molecule has 5 aromatic carbocycles. The summed E-state index contributed by atoms with van der Waals surface area (Å²) in [5.41, 5.74) is 10.5. The normalized spacial score (nSPS) is 11.3. The third-order valence-electron chi connectivity index (χ3n) is 8.60. The topological polar surface area (TPSA) is 25.8 Å². The molecule has 0 radical (unpaired) electrons. The Bertz CT molecular complexity index is 2140. The maximum absolute atomic E-state index is 13.7. The zero-order valence-corrected chi connectivity index (χ0v) is 26.2. The Hall–Kier alpha value is -5.75. The minimum atomic E-state index is -4.47. The highest BCUT2D eigenvalue weighted by Crippen LogP contribution is 2.31. The van der Waals surface area contributed by atoms with Crippen LogP contribution in [0.1, 0.15) is 11.1 Å². The van der Waals surface area contributed by atoms with Gasteiger partial charge in [0.2, 0.25) is 6.71 Å². The maximum Gasteiger partial charge on any atom is 0.416 e. The van der Waals surface area contributed by atoms with E-state index < -0.39 is 11.7 Å². The number of hydrogen-bond acceptors (Lipinski definition) is 2. The van der Waals surface area contributed by atoms with E-state index in [0.717, 1.165) is 67.6 Å². The third kappa shape index (κ3) is 6.43. The Kier molecular flexibility index (Phi) is 8.47. The number of aryl methyl sites for hydroxylation is 1. The van der Waals surface area contributed by atoms with Crippen molar-refractivity contribution in [1.29, 1.82) is 0 Å². The average Bonchev–Trinajstić information content (AvgIpc) is 3.12. The second-order valence-electron chi connectivity index (χ2n) is 11.8. The molecule has 0 saturated carbocycles. The van der Waals surface area contributed by atoms with Crippen molar-refractivity contribution in [2.75, 3.05) is 0 Å². The first kappa shape index (κ1) is 30.9. The number of alkyl halides is 3. The SMILES string of the molecule is Cc1ccnc(-c2cccc(B(c3cccc(-c4cc(C(F)(F)F)ccn4)c3)c3c(-c4ccccc4)cccc3-c3ccccc3)c2)c1. The van der Waals surface area contributed by atoms with Gasteiger partial charge in [-0.05, 0) is 70.1 Å². The molecule has 0 aliphatic carbocycles. The number of pyridine rings is 2. The average molecular weight is 631 g/mol. The van der Waals surface area contributed by atoms with Crippen molar-refractivity contribution in [3.05, 3.63) is 175 Å². The predicted molar refractivity (Wildman–Crippen MR) is 191 cm³/mol. The third-order valence-corrected chi connectivity index (χ3v) is 8.60. The highest BCUT2D eigenvalue weighted by molar-refractivity contribution is 6.97. The molecule has 0 saturated heterocycles. The molecule has 2 heterocycles. The number of nitrogens with zero attached hydrogens (tertiary/aromatic N) is 2. The van der Waals surface area contributed by atoms with Crippen LogP contribution in [0.25, 0.3) is 44.8 Å². The fraction of sp³-hybridized carbons (Fsp3) is 0.0476. The van der Waals surface area contributed by atoms with Crippen LogP contribution in [-0.4, -0.2) is 16.7 Å². The van der Waals surface area contributed by atoms with Crippen LogP contribution in [0.15, 0.2) is 164 Å². The van der Waals surface area contributed by atoms with Crippen LogP contribution in [0.3, 0.4) is 0 Å². The van der Waals surface area contributed by atoms with Crippen molar-refractivity contribution in [3.8, 4) is 44.8 Å². The summed E-state index contributed by atoms with van der Waals surface area (Å²) < 4.78 is 41.1. The van der Waals surface area contributed by atoms with E-state index in [0.29, 0.717) is 5.56 Å². The first-order chi connectivity index (χ1) is 23.3. The lowest BCUT2D eigenvalue weighted by Crippen LogP contribution is -2.53. The molecule has 7 aromatic rings. The van der Waals surface area contributed by atoms with Crippen LogP contribution in [0.5, 0.6) is 0 Å². The molecule has 0 aliphatic heterocycles. The molecular weight excluding hydrogens is 600 g/mol. The van der Waals surface area contributed by atoms with Gasteiger partial charge in [-0.15, -0.1) is 0 Å². The van der Waals surface area contributed by atoms with Gasteiger partial charge in [0.25, 0.3) is 0 Å². The molecule has 7 rings (SSSR count). The lowest BCUT2D eigenvalue weighted by Gasteiger charge is -2.24. The first-order valence-corrected chi connectivity index (χ1v) is 15.8. The highest BCUT2D eigenvalue weighted by Gasteiger charge is 2.32. The Labute approximate surface area is 278 Å². The molecule has 0 fully saturated rings. The second kappa shape index (κ2) is 13.2. The largest absolute Gasteiger partial charge is 0.416 e. The van der Waals surface area contributed by atoms with Crippen molar-refractivity contribution in [2.24, 2.45) is 0 Å². The number of halogens is 3. The lowest BCUT2D eigenvalue weighted by molar-refractivity contribution is -0.137. The maximum atomic E-state index is 13.7. The van der Waals surface area contributed by atoms with Gasteiger partial charge >= 0.3 is 6.18 Å². The molecule has 0 N–H and O–H groups in total. The van der Waals surface area contributed by atoms with Crippen LogP contribution in [-0.2, 0) is 6.18 Å². The molecule has 0 aliphatic rings. The standard InChI is InChI=1S/C42H30BF3N2/c1-29-21-23-47-39(25-29)32-15-8-17-35(26-32)43(36-18-9-16-33(27-36)40-28-34(22-24-48-40)42(44,45)46)41-37(30-11-4-2-5-12-30)19-10-20-38(41)31-13-6-3-7-14-31/h2-28H,1H3. The Morgan fingerprint density at radius 2 is 0.958 bits per heavy atom. The van der Waals surface area contributed by atoms with Crippen molar-refractivity contribution in [3.63, 3.8) is 0 Å². The fourth-order valence-electron chi connectivity index (χ4n) is 6.35. The molecule has 0 atom stereocenters. The van der Waals surface area contributed by atoms with Crippen LogP contribution >= 0.6 is 0 Å². The van der Waals surface area contributed by atoms with Crippen molar-refractivity contribution < 1.29 is 13.2 Å². The smallest absolute Gasteiger partial charge is 0.256 e. The second-order valence-corrected chi connectivity index (χ2v) is 11.8. The van der Waals surface area contributed by atoms with Crippen molar-refractivity contribution in [1.82, 2.24) is 9.97 Å². The van der Waals surface area contributed by atoms with Gasteiger partial charge in [-0.2, -0.15) is 13.2 Å². The van der Waals surface area contributed by atoms with E-state index in [9.17, 15) is 13.2 Å². The molecule has 232 valence electrons. The zero-order chi connectivity index (χ0) is 33.1. The van der Waals surface area contributed by atoms with Gasteiger partial charge in [-0.25, -0.2) is 0 Å². The molecule has 48 heavy (non-hydrogen) atoms. The minimum absolute atomic E-state index is 0.266. The number of rotatable bonds is 7. The summed E-state index contributed by atoms with van der Waals surface area (Å²) in [6.07, 6.45) is -1.43. The summed E-state index contributed by atoms with van der Waals surface area (Å²) in [5, 5.41) is 0. The molecule has 6 heteroatoms. The number of benzene rings is 5. The van der Waals surface area contributed by atoms with Gasteiger partial charge < -0.3 is 0 Å².